The molecule has 1 aliphatic heterocycles. The molecule has 1 aliphatic rings. The van der Waals surface area contributed by atoms with Crippen molar-refractivity contribution < 1.29 is 4.74 Å². The Balaban J connectivity index is 1.79. The van der Waals surface area contributed by atoms with Gasteiger partial charge in [-0.1, -0.05) is 35.9 Å². The summed E-state index contributed by atoms with van der Waals surface area (Å²) < 4.78 is 5.27. The van der Waals surface area contributed by atoms with Gasteiger partial charge in [0.05, 0.1) is 7.11 Å². The second kappa shape index (κ2) is 6.53. The van der Waals surface area contributed by atoms with Crippen molar-refractivity contribution in [1.82, 2.24) is 4.90 Å². The average molecular weight is 295 g/mol. The van der Waals surface area contributed by atoms with Crippen LogP contribution in [0.4, 0.5) is 0 Å². The molecule has 0 aromatic heterocycles. The Morgan fingerprint density at radius 1 is 1.09 bits per heavy atom. The summed E-state index contributed by atoms with van der Waals surface area (Å²) in [6.07, 6.45) is 2.53. The highest BCUT2D eigenvalue weighted by molar-refractivity contribution is 5.32. The summed E-state index contributed by atoms with van der Waals surface area (Å²) in [6.45, 7) is 6.62. The number of benzene rings is 2. The molecule has 1 heterocycles. The first-order valence-electron chi connectivity index (χ1n) is 8.11. The number of hydrogen-bond donors (Lipinski definition) is 0. The molecule has 2 nitrogen and oxygen atoms in total. The largest absolute Gasteiger partial charge is 0.497 e. The topological polar surface area (TPSA) is 12.5 Å². The van der Waals surface area contributed by atoms with Crippen LogP contribution in [0.3, 0.4) is 0 Å². The second-order valence-corrected chi connectivity index (χ2v) is 6.33. The molecular formula is C20H25NO. The van der Waals surface area contributed by atoms with Gasteiger partial charge in [-0.3, -0.25) is 4.90 Å². The molecule has 0 aliphatic carbocycles. The fourth-order valence-electron chi connectivity index (χ4n) is 3.41. The first-order chi connectivity index (χ1) is 10.7. The fourth-order valence-corrected chi connectivity index (χ4v) is 3.41. The van der Waals surface area contributed by atoms with Crippen molar-refractivity contribution in [3.8, 4) is 5.75 Å². The first-order valence-corrected chi connectivity index (χ1v) is 8.11. The Morgan fingerprint density at radius 3 is 2.59 bits per heavy atom. The zero-order valence-corrected chi connectivity index (χ0v) is 13.8. The van der Waals surface area contributed by atoms with Crippen molar-refractivity contribution in [3.63, 3.8) is 0 Å². The van der Waals surface area contributed by atoms with E-state index in [9.17, 15) is 0 Å². The molecule has 3 rings (SSSR count). The van der Waals surface area contributed by atoms with Crippen molar-refractivity contribution in [1.29, 1.82) is 0 Å². The van der Waals surface area contributed by atoms with Crippen LogP contribution in [0.25, 0.3) is 0 Å². The SMILES string of the molecule is COc1ccc(C2CCCN2Cc2cc(C)ccc2C)cc1. The molecule has 22 heavy (non-hydrogen) atoms. The van der Waals surface area contributed by atoms with Gasteiger partial charge >= 0.3 is 0 Å². The van der Waals surface area contributed by atoms with Gasteiger partial charge in [0.25, 0.3) is 0 Å². The highest BCUT2D eigenvalue weighted by atomic mass is 16.5. The van der Waals surface area contributed by atoms with Crippen molar-refractivity contribution in [3.05, 3.63) is 64.7 Å². The van der Waals surface area contributed by atoms with E-state index >= 15 is 0 Å². The Labute approximate surface area is 133 Å². The maximum atomic E-state index is 5.27. The van der Waals surface area contributed by atoms with Gasteiger partial charge in [-0.15, -0.1) is 0 Å². The average Bonchev–Trinajstić information content (AvgIpc) is 2.99. The molecule has 2 aromatic rings. The van der Waals surface area contributed by atoms with Gasteiger partial charge in [0.2, 0.25) is 0 Å². The van der Waals surface area contributed by atoms with Crippen molar-refractivity contribution in [2.45, 2.75) is 39.3 Å². The molecule has 2 aromatic carbocycles. The zero-order chi connectivity index (χ0) is 15.5. The third kappa shape index (κ3) is 3.17. The lowest BCUT2D eigenvalue weighted by Gasteiger charge is -2.26. The van der Waals surface area contributed by atoms with Crippen LogP contribution in [-0.2, 0) is 6.54 Å². The van der Waals surface area contributed by atoms with E-state index in [2.05, 4.69) is 61.2 Å². The summed E-state index contributed by atoms with van der Waals surface area (Å²) in [5.41, 5.74) is 5.61. The van der Waals surface area contributed by atoms with Crippen LogP contribution in [0.1, 0.15) is 41.1 Å². The van der Waals surface area contributed by atoms with Crippen LogP contribution in [-0.4, -0.2) is 18.6 Å². The molecule has 0 amide bonds. The molecule has 2 heteroatoms. The number of methoxy groups -OCH3 is 1. The van der Waals surface area contributed by atoms with E-state index in [-0.39, 0.29) is 0 Å². The Bertz CT molecular complexity index is 633. The summed E-state index contributed by atoms with van der Waals surface area (Å²) in [7, 11) is 1.72. The minimum atomic E-state index is 0.533. The van der Waals surface area contributed by atoms with Crippen LogP contribution >= 0.6 is 0 Å². The quantitative estimate of drug-likeness (QED) is 0.814. The van der Waals surface area contributed by atoms with Gasteiger partial charge in [0.1, 0.15) is 5.75 Å². The monoisotopic (exact) mass is 295 g/mol. The van der Waals surface area contributed by atoms with Crippen molar-refractivity contribution in [2.75, 3.05) is 13.7 Å². The first kappa shape index (κ1) is 15.1. The van der Waals surface area contributed by atoms with Crippen LogP contribution in [0.15, 0.2) is 42.5 Å². The van der Waals surface area contributed by atoms with E-state index in [1.807, 2.05) is 0 Å². The second-order valence-electron chi connectivity index (χ2n) is 6.33. The molecule has 0 radical (unpaired) electrons. The molecule has 1 saturated heterocycles. The number of hydrogen-bond acceptors (Lipinski definition) is 2. The molecule has 0 spiro atoms. The van der Waals surface area contributed by atoms with Gasteiger partial charge in [-0.05, 0) is 62.1 Å². The predicted octanol–water partition coefficient (Wildman–Crippen LogP) is 4.65. The number of ether oxygens (including phenoxy) is 1. The standard InChI is InChI=1S/C20H25NO/c1-15-6-7-16(2)18(13-15)14-21-12-4-5-20(21)17-8-10-19(22-3)11-9-17/h6-11,13,20H,4-5,12,14H2,1-3H3. The van der Waals surface area contributed by atoms with E-state index in [1.54, 1.807) is 7.11 Å². The maximum absolute atomic E-state index is 5.27. The summed E-state index contributed by atoms with van der Waals surface area (Å²) in [5.74, 6) is 0.933. The Morgan fingerprint density at radius 2 is 1.86 bits per heavy atom. The van der Waals surface area contributed by atoms with E-state index in [0.717, 1.165) is 12.3 Å². The minimum absolute atomic E-state index is 0.533. The van der Waals surface area contributed by atoms with Gasteiger partial charge in [0.15, 0.2) is 0 Å². The third-order valence-electron chi connectivity index (χ3n) is 4.74. The van der Waals surface area contributed by atoms with Gasteiger partial charge in [-0.2, -0.15) is 0 Å². The fraction of sp³-hybridized carbons (Fsp3) is 0.400. The van der Waals surface area contributed by atoms with Crippen molar-refractivity contribution in [2.24, 2.45) is 0 Å². The molecule has 0 N–H and O–H groups in total. The Hall–Kier alpha value is -1.80. The number of rotatable bonds is 4. The molecule has 0 bridgehead atoms. The van der Waals surface area contributed by atoms with Crippen LogP contribution < -0.4 is 4.74 Å². The molecule has 1 fully saturated rings. The lowest BCUT2D eigenvalue weighted by atomic mass is 10.0. The number of likely N-dealkylation sites (tertiary alicyclic amines) is 1. The summed E-state index contributed by atoms with van der Waals surface area (Å²) in [6, 6.07) is 15.9. The van der Waals surface area contributed by atoms with Gasteiger partial charge in [0, 0.05) is 12.6 Å². The molecule has 0 saturated carbocycles. The zero-order valence-electron chi connectivity index (χ0n) is 13.8. The summed E-state index contributed by atoms with van der Waals surface area (Å²) in [5, 5.41) is 0. The lowest BCUT2D eigenvalue weighted by molar-refractivity contribution is 0.248. The normalized spacial score (nSPS) is 18.6. The molecule has 1 unspecified atom stereocenters. The van der Waals surface area contributed by atoms with Crippen molar-refractivity contribution >= 4 is 0 Å². The van der Waals surface area contributed by atoms with E-state index in [4.69, 9.17) is 4.74 Å². The molecule has 1 atom stereocenters. The number of nitrogens with zero attached hydrogens (tertiary/aromatic N) is 1. The van der Waals surface area contributed by atoms with Crippen LogP contribution in [0.5, 0.6) is 5.75 Å². The highest BCUT2D eigenvalue weighted by Gasteiger charge is 2.26. The minimum Gasteiger partial charge on any atom is -0.497 e. The highest BCUT2D eigenvalue weighted by Crippen LogP contribution is 2.34. The van der Waals surface area contributed by atoms with E-state index < -0.39 is 0 Å². The van der Waals surface area contributed by atoms with E-state index in [1.165, 1.54) is 41.6 Å². The predicted molar refractivity (Wildman–Crippen MR) is 91.3 cm³/mol. The van der Waals surface area contributed by atoms with Gasteiger partial charge in [-0.25, -0.2) is 0 Å². The summed E-state index contributed by atoms with van der Waals surface area (Å²) >= 11 is 0. The molecular weight excluding hydrogens is 270 g/mol. The van der Waals surface area contributed by atoms with Gasteiger partial charge < -0.3 is 4.74 Å². The van der Waals surface area contributed by atoms with E-state index in [0.29, 0.717) is 6.04 Å². The maximum Gasteiger partial charge on any atom is 0.118 e. The molecule has 116 valence electrons. The third-order valence-corrected chi connectivity index (χ3v) is 4.74. The van der Waals surface area contributed by atoms with Crippen LogP contribution in [0, 0.1) is 13.8 Å². The Kier molecular flexibility index (Phi) is 4.49. The number of aryl methyl sites for hydroxylation is 2. The van der Waals surface area contributed by atoms with Crippen LogP contribution in [0.2, 0.25) is 0 Å². The lowest BCUT2D eigenvalue weighted by Crippen LogP contribution is -2.23. The summed E-state index contributed by atoms with van der Waals surface area (Å²) in [4.78, 5) is 2.61. The smallest absolute Gasteiger partial charge is 0.118 e.